The van der Waals surface area contributed by atoms with Gasteiger partial charge >= 0.3 is 24.2 Å². The number of fused-ring (bicyclic) bond motifs is 6. The Balaban J connectivity index is 0.773. The molecule has 0 spiro atoms. The number of nitrogens with zero attached hydrogens (tertiary/aromatic N) is 9. The number of nitrogens with one attached hydrogen (secondary N) is 1. The predicted octanol–water partition coefficient (Wildman–Crippen LogP) is 6.63. The second kappa shape index (κ2) is 21.4. The molecule has 0 radical (unpaired) electrons. The molecular formula is C54H54ClF4N11O9. The molecule has 10 rings (SSSR count). The Morgan fingerprint density at radius 2 is 1.86 bits per heavy atom. The number of esters is 1. The fraction of sp³-hybridized carbons (Fsp3) is 0.389. The summed E-state index contributed by atoms with van der Waals surface area (Å²) in [6, 6.07) is 10.6. The van der Waals surface area contributed by atoms with Crippen LogP contribution in [0, 0.1) is 12.7 Å². The number of oxime groups is 1. The van der Waals surface area contributed by atoms with Crippen LogP contribution in [0.5, 0.6) is 6.01 Å². The Morgan fingerprint density at radius 1 is 1.08 bits per heavy atom. The molecule has 4 aliphatic heterocycles. The monoisotopic (exact) mass is 1110 g/mol. The highest BCUT2D eigenvalue weighted by molar-refractivity contribution is 6.34. The topological polar surface area (TPSA) is 242 Å². The smallest absolute Gasteiger partial charge is 0.418 e. The fourth-order valence-electron chi connectivity index (χ4n) is 10.8. The lowest BCUT2D eigenvalue weighted by Gasteiger charge is -2.41. The summed E-state index contributed by atoms with van der Waals surface area (Å²) in [5.74, 6) is -2.60. The van der Waals surface area contributed by atoms with Gasteiger partial charge in [0.15, 0.2) is 11.4 Å². The zero-order valence-electron chi connectivity index (χ0n) is 43.4. The Labute approximate surface area is 453 Å². The molecule has 8 heterocycles. The number of piperazine rings is 1. The molecule has 20 nitrogen and oxygen atoms in total. The minimum atomic E-state index is -4.94. The van der Waals surface area contributed by atoms with Crippen LogP contribution in [0.15, 0.2) is 64.6 Å². The number of cyclic esters (lactones) is 1. The molecule has 0 unspecified atom stereocenters. The minimum Gasteiger partial charge on any atom is -0.462 e. The van der Waals surface area contributed by atoms with Crippen LogP contribution in [-0.2, 0) is 48.8 Å². The molecule has 4 aliphatic rings. The van der Waals surface area contributed by atoms with Crippen LogP contribution in [0.3, 0.4) is 0 Å². The van der Waals surface area contributed by atoms with Gasteiger partial charge in [0.2, 0.25) is 0 Å². The van der Waals surface area contributed by atoms with Gasteiger partial charge in [-0.25, -0.2) is 23.9 Å². The highest BCUT2D eigenvalue weighted by atomic mass is 35.5. The molecule has 79 heavy (non-hydrogen) atoms. The highest BCUT2D eigenvalue weighted by Gasteiger charge is 2.46. The van der Waals surface area contributed by atoms with Gasteiger partial charge in [0.1, 0.15) is 43.6 Å². The number of amides is 2. The van der Waals surface area contributed by atoms with Crippen molar-refractivity contribution in [3.05, 3.63) is 109 Å². The molecule has 6 aromatic rings. The van der Waals surface area contributed by atoms with Gasteiger partial charge in [-0.05, 0) is 76.5 Å². The second-order valence-corrected chi connectivity index (χ2v) is 20.3. The van der Waals surface area contributed by atoms with Crippen molar-refractivity contribution in [2.75, 3.05) is 70.2 Å². The van der Waals surface area contributed by atoms with E-state index in [0.717, 1.165) is 30.8 Å². The Bertz CT molecular complexity index is 3600. The van der Waals surface area contributed by atoms with Crippen molar-refractivity contribution in [3.63, 3.8) is 0 Å². The van der Waals surface area contributed by atoms with Gasteiger partial charge in [-0.15, -0.1) is 0 Å². The number of likely N-dealkylation sites (N-methyl/N-ethyl adjacent to an activating group) is 1. The number of alkyl carbamates (subject to hydrolysis) is 1. The molecule has 2 aromatic carbocycles. The highest BCUT2D eigenvalue weighted by Crippen LogP contribution is 2.45. The van der Waals surface area contributed by atoms with Crippen LogP contribution in [0.2, 0.25) is 5.02 Å². The number of hydrogen-bond donors (Lipinski definition) is 3. The lowest BCUT2D eigenvalue weighted by molar-refractivity contribution is -0.172. The van der Waals surface area contributed by atoms with Crippen molar-refractivity contribution in [1.29, 1.82) is 0 Å². The van der Waals surface area contributed by atoms with E-state index in [1.165, 1.54) is 28.7 Å². The number of alkyl halides is 3. The van der Waals surface area contributed by atoms with Crippen LogP contribution in [0.4, 0.5) is 34.0 Å². The van der Waals surface area contributed by atoms with E-state index in [9.17, 15) is 37.5 Å². The Hall–Kier alpha value is -7.96. The summed E-state index contributed by atoms with van der Waals surface area (Å²) in [4.78, 5) is 81.6. The number of likely N-dealkylation sites (tertiary alicyclic amines) is 1. The van der Waals surface area contributed by atoms with Gasteiger partial charge in [-0.3, -0.25) is 9.59 Å². The molecule has 414 valence electrons. The van der Waals surface area contributed by atoms with Crippen LogP contribution in [-0.4, -0.2) is 135 Å². The average Bonchev–Trinajstić information content (AvgIpc) is 3.90. The molecule has 25 heteroatoms. The van der Waals surface area contributed by atoms with E-state index in [4.69, 9.17) is 46.4 Å². The molecule has 3 atom stereocenters. The Morgan fingerprint density at radius 3 is 2.59 bits per heavy atom. The quantitative estimate of drug-likeness (QED) is 0.0258. The number of carbonyl (C=O) groups is 3. The number of halogens is 5. The maximum Gasteiger partial charge on any atom is 0.418 e. The first kappa shape index (κ1) is 54.4. The molecule has 0 bridgehead atoms. The van der Waals surface area contributed by atoms with Crippen molar-refractivity contribution in [1.82, 2.24) is 39.6 Å². The number of ether oxygens (including phenoxy) is 3. The molecule has 2 fully saturated rings. The first-order valence-corrected chi connectivity index (χ1v) is 25.8. The maximum atomic E-state index is 17.0. The van der Waals surface area contributed by atoms with Crippen LogP contribution in [0.25, 0.3) is 44.5 Å². The number of carbonyl (C=O) groups excluding carboxylic acids is 3. The number of pyridine rings is 3. The summed E-state index contributed by atoms with van der Waals surface area (Å²) in [6.45, 7) is 9.17. The molecule has 4 aromatic heterocycles. The number of aromatic nitrogens is 5. The maximum absolute atomic E-state index is 17.0. The van der Waals surface area contributed by atoms with E-state index in [0.29, 0.717) is 28.0 Å². The molecule has 0 saturated carbocycles. The fourth-order valence-corrected chi connectivity index (χ4v) is 11.0. The van der Waals surface area contributed by atoms with E-state index in [1.54, 1.807) is 24.8 Å². The predicted molar refractivity (Wildman–Crippen MR) is 283 cm³/mol. The number of anilines is 2. The summed E-state index contributed by atoms with van der Waals surface area (Å²) in [5.41, 5.74) is 3.42. The zero-order valence-corrected chi connectivity index (χ0v) is 44.1. The average molecular weight is 1110 g/mol. The van der Waals surface area contributed by atoms with Crippen molar-refractivity contribution < 1.29 is 56.1 Å². The van der Waals surface area contributed by atoms with E-state index in [1.807, 2.05) is 31.3 Å². The lowest BCUT2D eigenvalue weighted by Crippen LogP contribution is -2.54. The molecule has 0 aliphatic carbocycles. The second-order valence-electron chi connectivity index (χ2n) is 19.9. The number of aryl methyl sites for hydroxylation is 1. The lowest BCUT2D eigenvalue weighted by atomic mass is 9.86. The standard InChI is InChI=1S/C54H54ClF4N11O9/c1-6-53(75)36-20-39-44-34(23-70(39)49(72)35(36)26-76-50(53)73)33(31-11-7-8-12-38(31)63-44)21-62-79-17-13-61-52(74)78-24-28(3)48(71)68-15-16-69(29(4)22-68)47-32-19-37(55)41(46-42(54(57,58)59)27(2)18-40(60)64-46)43(56)45(32)65-51(66-47)77-25-30-10-9-14-67(30)5/h7-8,11-12,18-21,29-30,75H,3,6,9-10,13-17,22-26H2,1-2,4-5H3,(H2,60,64)(H,61,74)/b62-21+/t29-,30-,53-/m0/s1. The van der Waals surface area contributed by atoms with Crippen molar-refractivity contribution >= 4 is 69.2 Å². The van der Waals surface area contributed by atoms with Gasteiger partial charge < -0.3 is 54.5 Å². The van der Waals surface area contributed by atoms with Crippen LogP contribution < -0.4 is 26.2 Å². The van der Waals surface area contributed by atoms with Crippen LogP contribution in [0.1, 0.15) is 66.5 Å². The zero-order chi connectivity index (χ0) is 56.2. The van der Waals surface area contributed by atoms with Crippen molar-refractivity contribution in [2.45, 2.75) is 77.0 Å². The summed E-state index contributed by atoms with van der Waals surface area (Å²) < 4.78 is 78.6. The summed E-state index contributed by atoms with van der Waals surface area (Å²) in [5, 5.41) is 18.4. The SMILES string of the molecule is C=C(COC(=O)NCCO/N=C/c1c2c(nc3ccccc13)-c1cc3c(c(=O)n1C2)COC(=O)[C@]3(O)CC)C(=O)N1CCN(c2nc(OC[C@@H]3CCCN3C)nc3c(F)c(-c4nc(N)cc(C)c4C(F)(F)F)c(Cl)cc23)[C@@H](C)C1. The van der Waals surface area contributed by atoms with Gasteiger partial charge in [-0.1, -0.05) is 48.5 Å². The van der Waals surface area contributed by atoms with Crippen molar-refractivity contribution in [3.8, 4) is 28.7 Å². The largest absolute Gasteiger partial charge is 0.462 e. The van der Waals surface area contributed by atoms with Crippen LogP contribution >= 0.6 is 11.6 Å². The number of nitrogen functional groups attached to an aromatic ring is 1. The number of hydrogen-bond acceptors (Lipinski definition) is 17. The number of rotatable bonds is 14. The third-order valence-corrected chi connectivity index (χ3v) is 15.2. The third-order valence-electron chi connectivity index (χ3n) is 14.9. The summed E-state index contributed by atoms with van der Waals surface area (Å²) >= 11 is 6.68. The molecule has 2 amide bonds. The van der Waals surface area contributed by atoms with Gasteiger partial charge in [0, 0.05) is 64.8 Å². The van der Waals surface area contributed by atoms with Crippen molar-refractivity contribution in [2.24, 2.45) is 5.16 Å². The number of nitrogens with two attached hydrogens (primary N) is 1. The number of para-hydroxylation sites is 1. The van der Waals surface area contributed by atoms with E-state index in [-0.39, 0.29) is 116 Å². The van der Waals surface area contributed by atoms with E-state index in [2.05, 4.69) is 31.9 Å². The summed E-state index contributed by atoms with van der Waals surface area (Å²) in [7, 11) is 1.95. The molecule has 2 saturated heterocycles. The van der Waals surface area contributed by atoms with E-state index < -0.39 is 75.6 Å². The third kappa shape index (κ3) is 10.1. The number of benzene rings is 2. The van der Waals surface area contributed by atoms with Gasteiger partial charge in [-0.2, -0.15) is 23.1 Å². The Kier molecular flexibility index (Phi) is 14.7. The molecular weight excluding hydrogens is 1060 g/mol. The first-order chi connectivity index (χ1) is 37.7. The van der Waals surface area contributed by atoms with E-state index >= 15 is 4.39 Å². The normalized spacial score (nSPS) is 19.1. The summed E-state index contributed by atoms with van der Waals surface area (Å²) in [6.07, 6.45) is -2.52. The van der Waals surface area contributed by atoms with Gasteiger partial charge in [0.05, 0.1) is 63.6 Å². The molecule has 4 N–H and O–H groups in total. The minimum absolute atomic E-state index is 0.00256. The number of aliphatic hydroxyl groups is 1. The first-order valence-electron chi connectivity index (χ1n) is 25.4. The van der Waals surface area contributed by atoms with Gasteiger partial charge in [0.25, 0.3) is 11.5 Å².